The molecule has 1 aromatic carbocycles. The molecule has 1 aliphatic heterocycles. The van der Waals surface area contributed by atoms with Crippen LogP contribution in [0.15, 0.2) is 18.2 Å². The number of carbonyl (C=O) groups is 1. The molecular formula is C13H17Cl2N2O2+. The summed E-state index contributed by atoms with van der Waals surface area (Å²) in [5.74, 6) is -0.0546. The van der Waals surface area contributed by atoms with Crippen molar-refractivity contribution in [3.05, 3.63) is 28.2 Å². The smallest absolute Gasteiger partial charge is 0.282 e. The Hall–Kier alpha value is -0.810. The van der Waals surface area contributed by atoms with Gasteiger partial charge in [-0.15, -0.1) is 0 Å². The number of benzene rings is 1. The summed E-state index contributed by atoms with van der Waals surface area (Å²) in [6.07, 6.45) is 0. The van der Waals surface area contributed by atoms with Crippen LogP contribution in [0.5, 0.6) is 0 Å². The third kappa shape index (κ3) is 3.83. The molecule has 104 valence electrons. The average molecular weight is 304 g/mol. The van der Waals surface area contributed by atoms with Crippen LogP contribution >= 0.6 is 23.2 Å². The number of halogens is 2. The predicted octanol–water partition coefficient (Wildman–Crippen LogP) is 1.24. The number of hydrogen-bond acceptors (Lipinski definition) is 2. The minimum atomic E-state index is -0.140. The van der Waals surface area contributed by atoms with Crippen LogP contribution in [-0.4, -0.2) is 38.3 Å². The van der Waals surface area contributed by atoms with E-state index in [4.69, 9.17) is 27.9 Å². The number of rotatable bonds is 3. The Bertz CT molecular complexity index is 462. The Kier molecular flexibility index (Phi) is 5.05. The van der Waals surface area contributed by atoms with E-state index in [1.807, 2.05) is 6.92 Å². The van der Waals surface area contributed by atoms with Gasteiger partial charge in [-0.1, -0.05) is 23.2 Å². The van der Waals surface area contributed by atoms with Crippen LogP contribution in [0.25, 0.3) is 0 Å². The van der Waals surface area contributed by atoms with Crippen molar-refractivity contribution in [2.24, 2.45) is 0 Å². The molecule has 1 heterocycles. The Morgan fingerprint density at radius 1 is 1.37 bits per heavy atom. The molecule has 0 saturated carbocycles. The first-order chi connectivity index (χ1) is 9.08. The normalized spacial score (nSPS) is 18.1. The molecule has 0 unspecified atom stereocenters. The van der Waals surface area contributed by atoms with Gasteiger partial charge in [0.15, 0.2) is 6.04 Å². The number of amides is 1. The van der Waals surface area contributed by atoms with Gasteiger partial charge in [0.1, 0.15) is 13.1 Å². The summed E-state index contributed by atoms with van der Waals surface area (Å²) < 4.78 is 5.29. The lowest BCUT2D eigenvalue weighted by molar-refractivity contribution is -0.921. The topological polar surface area (TPSA) is 42.8 Å². The molecule has 1 amide bonds. The second-order valence-electron chi connectivity index (χ2n) is 4.61. The Balaban J connectivity index is 2.01. The third-order valence-electron chi connectivity index (χ3n) is 3.33. The summed E-state index contributed by atoms with van der Waals surface area (Å²) in [6, 6.07) is 4.88. The molecular weight excluding hydrogens is 287 g/mol. The Morgan fingerprint density at radius 2 is 2.05 bits per heavy atom. The second-order valence-corrected chi connectivity index (χ2v) is 5.45. The van der Waals surface area contributed by atoms with E-state index in [1.165, 1.54) is 4.90 Å². The van der Waals surface area contributed by atoms with Gasteiger partial charge < -0.3 is 15.0 Å². The molecule has 2 N–H and O–H groups in total. The number of nitrogens with one attached hydrogen (secondary N) is 2. The van der Waals surface area contributed by atoms with Crippen molar-refractivity contribution < 1.29 is 14.4 Å². The quantitative estimate of drug-likeness (QED) is 0.882. The van der Waals surface area contributed by atoms with Crippen LogP contribution < -0.4 is 10.2 Å². The maximum Gasteiger partial charge on any atom is 0.282 e. The lowest BCUT2D eigenvalue weighted by Gasteiger charge is -2.28. The van der Waals surface area contributed by atoms with Crippen molar-refractivity contribution in [2.45, 2.75) is 13.0 Å². The third-order valence-corrected chi connectivity index (χ3v) is 3.89. The summed E-state index contributed by atoms with van der Waals surface area (Å²) in [5.41, 5.74) is 0.554. The lowest BCUT2D eigenvalue weighted by Crippen LogP contribution is -3.18. The van der Waals surface area contributed by atoms with Crippen molar-refractivity contribution >= 4 is 34.8 Å². The number of hydrogen-bond donors (Lipinski definition) is 2. The number of morpholine rings is 1. The number of ether oxygens (including phenoxy) is 1. The molecule has 6 heteroatoms. The largest absolute Gasteiger partial charge is 0.370 e. The maximum absolute atomic E-state index is 12.2. The van der Waals surface area contributed by atoms with Crippen LogP contribution in [0.3, 0.4) is 0 Å². The summed E-state index contributed by atoms with van der Waals surface area (Å²) in [4.78, 5) is 13.4. The van der Waals surface area contributed by atoms with Crippen LogP contribution in [0.4, 0.5) is 5.69 Å². The van der Waals surface area contributed by atoms with Gasteiger partial charge in [0.2, 0.25) is 0 Å². The fourth-order valence-electron chi connectivity index (χ4n) is 2.09. The zero-order valence-electron chi connectivity index (χ0n) is 10.7. The number of anilines is 1. The standard InChI is InChI=1S/C13H16Cl2N2O2/c1-9(17-4-6-19-7-5-17)13(18)16-12-8-10(14)2-3-11(12)15/h2-3,8-9H,4-7H2,1H3,(H,16,18)/p+1/t9-/m0/s1. The van der Waals surface area contributed by atoms with Crippen molar-refractivity contribution in [3.8, 4) is 0 Å². The lowest BCUT2D eigenvalue weighted by atomic mass is 10.2. The van der Waals surface area contributed by atoms with E-state index in [0.717, 1.165) is 13.1 Å². The molecule has 1 aromatic rings. The van der Waals surface area contributed by atoms with Crippen LogP contribution in [-0.2, 0) is 9.53 Å². The highest BCUT2D eigenvalue weighted by molar-refractivity contribution is 6.35. The summed E-state index contributed by atoms with van der Waals surface area (Å²) in [6.45, 7) is 5.00. The van der Waals surface area contributed by atoms with Gasteiger partial charge in [0.05, 0.1) is 23.9 Å². The van der Waals surface area contributed by atoms with Gasteiger partial charge in [0.25, 0.3) is 5.91 Å². The molecule has 1 aliphatic rings. The van der Waals surface area contributed by atoms with Crippen LogP contribution in [0.2, 0.25) is 10.0 Å². The zero-order valence-corrected chi connectivity index (χ0v) is 12.2. The fraction of sp³-hybridized carbons (Fsp3) is 0.462. The van der Waals surface area contributed by atoms with E-state index in [-0.39, 0.29) is 11.9 Å². The molecule has 0 aliphatic carbocycles. The zero-order chi connectivity index (χ0) is 13.8. The van der Waals surface area contributed by atoms with Crippen molar-refractivity contribution in [2.75, 3.05) is 31.6 Å². The van der Waals surface area contributed by atoms with Gasteiger partial charge in [-0.2, -0.15) is 0 Å². The first kappa shape index (κ1) is 14.6. The Morgan fingerprint density at radius 3 is 2.74 bits per heavy atom. The van der Waals surface area contributed by atoms with E-state index in [0.29, 0.717) is 28.9 Å². The molecule has 1 atom stereocenters. The molecule has 1 saturated heterocycles. The highest BCUT2D eigenvalue weighted by Crippen LogP contribution is 2.25. The average Bonchev–Trinajstić information content (AvgIpc) is 2.43. The second kappa shape index (κ2) is 6.57. The molecule has 19 heavy (non-hydrogen) atoms. The van der Waals surface area contributed by atoms with Gasteiger partial charge >= 0.3 is 0 Å². The number of carbonyl (C=O) groups excluding carboxylic acids is 1. The van der Waals surface area contributed by atoms with Gasteiger partial charge in [-0.05, 0) is 25.1 Å². The van der Waals surface area contributed by atoms with Gasteiger partial charge in [0, 0.05) is 5.02 Å². The fourth-order valence-corrected chi connectivity index (χ4v) is 2.42. The van der Waals surface area contributed by atoms with Gasteiger partial charge in [-0.3, -0.25) is 4.79 Å². The molecule has 0 bridgehead atoms. The Labute approximate surface area is 122 Å². The highest BCUT2D eigenvalue weighted by Gasteiger charge is 2.27. The first-order valence-electron chi connectivity index (χ1n) is 6.26. The molecule has 0 radical (unpaired) electrons. The summed E-state index contributed by atoms with van der Waals surface area (Å²) in [7, 11) is 0. The van der Waals surface area contributed by atoms with E-state index in [1.54, 1.807) is 18.2 Å². The van der Waals surface area contributed by atoms with Crippen LogP contribution in [0.1, 0.15) is 6.92 Å². The minimum Gasteiger partial charge on any atom is -0.370 e. The van der Waals surface area contributed by atoms with Crippen molar-refractivity contribution in [1.29, 1.82) is 0 Å². The number of quaternary nitrogens is 1. The van der Waals surface area contributed by atoms with Crippen molar-refractivity contribution in [1.82, 2.24) is 0 Å². The predicted molar refractivity (Wildman–Crippen MR) is 76.1 cm³/mol. The molecule has 4 nitrogen and oxygen atoms in total. The molecule has 0 aromatic heterocycles. The SMILES string of the molecule is C[C@@H](C(=O)Nc1cc(Cl)ccc1Cl)[NH+]1CCOCC1. The summed E-state index contributed by atoms with van der Waals surface area (Å²) in [5, 5.41) is 3.87. The van der Waals surface area contributed by atoms with Crippen molar-refractivity contribution in [3.63, 3.8) is 0 Å². The first-order valence-corrected chi connectivity index (χ1v) is 7.02. The van der Waals surface area contributed by atoms with E-state index in [2.05, 4.69) is 5.32 Å². The molecule has 0 spiro atoms. The summed E-state index contributed by atoms with van der Waals surface area (Å²) >= 11 is 11.9. The highest BCUT2D eigenvalue weighted by atomic mass is 35.5. The van der Waals surface area contributed by atoms with E-state index >= 15 is 0 Å². The van der Waals surface area contributed by atoms with Gasteiger partial charge in [-0.25, -0.2) is 0 Å². The van der Waals surface area contributed by atoms with E-state index in [9.17, 15) is 4.79 Å². The maximum atomic E-state index is 12.2. The van der Waals surface area contributed by atoms with E-state index < -0.39 is 0 Å². The monoisotopic (exact) mass is 303 g/mol. The van der Waals surface area contributed by atoms with Crippen LogP contribution in [0, 0.1) is 0 Å². The molecule has 1 fully saturated rings. The minimum absolute atomic E-state index is 0.0546. The molecule has 2 rings (SSSR count).